The lowest BCUT2D eigenvalue weighted by Crippen LogP contribution is -2.41. The Morgan fingerprint density at radius 1 is 1.25 bits per heavy atom. The van der Waals surface area contributed by atoms with Gasteiger partial charge >= 0.3 is 6.03 Å². The second-order valence-corrected chi connectivity index (χ2v) is 6.36. The average Bonchev–Trinajstić information content (AvgIpc) is 2.36. The van der Waals surface area contributed by atoms with Gasteiger partial charge in [0, 0.05) is 25.4 Å². The molecule has 0 aromatic heterocycles. The molecule has 0 aliphatic heterocycles. The number of anilines is 1. The number of aliphatic hydroxyl groups excluding tert-OH is 1. The fraction of sp³-hybridized carbons (Fsp3) is 0.562. The van der Waals surface area contributed by atoms with E-state index in [4.69, 9.17) is 5.11 Å². The largest absolute Gasteiger partial charge is 0.396 e. The second-order valence-electron chi connectivity index (χ2n) is 6.36. The number of hydrogen-bond donors (Lipinski definition) is 2. The Hall–Kier alpha value is -1.55. The molecule has 0 radical (unpaired) electrons. The summed E-state index contributed by atoms with van der Waals surface area (Å²) in [7, 11) is 0. The zero-order chi connectivity index (χ0) is 15.2. The maximum atomic E-state index is 12.3. The van der Waals surface area contributed by atoms with E-state index in [0.29, 0.717) is 19.5 Å². The van der Waals surface area contributed by atoms with Crippen LogP contribution in [0.1, 0.15) is 32.8 Å². The summed E-state index contributed by atoms with van der Waals surface area (Å²) in [6.07, 6.45) is 0.595. The van der Waals surface area contributed by atoms with Crippen LogP contribution in [-0.4, -0.2) is 35.7 Å². The number of carbonyl (C=O) groups excluding carboxylic acids is 1. The SMILES string of the molecule is Cc1ccc(NC(=O)N(CCCO)CC(C)(C)C)cc1. The number of carbonyl (C=O) groups is 1. The molecule has 0 unspecified atom stereocenters. The highest BCUT2D eigenvalue weighted by molar-refractivity contribution is 5.89. The van der Waals surface area contributed by atoms with Crippen molar-refractivity contribution in [3.8, 4) is 0 Å². The number of nitrogens with one attached hydrogen (secondary N) is 1. The number of benzene rings is 1. The van der Waals surface area contributed by atoms with Gasteiger partial charge in [0.05, 0.1) is 0 Å². The lowest BCUT2D eigenvalue weighted by Gasteiger charge is -2.30. The first-order valence-electron chi connectivity index (χ1n) is 7.05. The number of urea groups is 1. The minimum Gasteiger partial charge on any atom is -0.396 e. The summed E-state index contributed by atoms with van der Waals surface area (Å²) in [6.45, 7) is 9.61. The summed E-state index contributed by atoms with van der Waals surface area (Å²) in [5.41, 5.74) is 1.98. The van der Waals surface area contributed by atoms with Gasteiger partial charge in [-0.1, -0.05) is 38.5 Å². The van der Waals surface area contributed by atoms with Crippen molar-refractivity contribution in [1.82, 2.24) is 4.90 Å². The van der Waals surface area contributed by atoms with Crippen molar-refractivity contribution in [3.63, 3.8) is 0 Å². The standard InChI is InChI=1S/C16H26N2O2/c1-13-6-8-14(9-7-13)17-15(20)18(10-5-11-19)12-16(2,3)4/h6-9,19H,5,10-12H2,1-4H3,(H,17,20). The molecule has 1 rings (SSSR count). The van der Waals surface area contributed by atoms with Crippen LogP contribution in [0.25, 0.3) is 0 Å². The highest BCUT2D eigenvalue weighted by Gasteiger charge is 2.20. The molecular formula is C16H26N2O2. The van der Waals surface area contributed by atoms with Gasteiger partial charge in [0.1, 0.15) is 0 Å². The molecule has 1 aromatic carbocycles. The zero-order valence-corrected chi connectivity index (χ0v) is 12.9. The van der Waals surface area contributed by atoms with Crippen molar-refractivity contribution in [3.05, 3.63) is 29.8 Å². The summed E-state index contributed by atoms with van der Waals surface area (Å²) in [4.78, 5) is 14.1. The first kappa shape index (κ1) is 16.5. The van der Waals surface area contributed by atoms with Crippen molar-refractivity contribution in [2.24, 2.45) is 5.41 Å². The Morgan fingerprint density at radius 3 is 2.35 bits per heavy atom. The summed E-state index contributed by atoms with van der Waals surface area (Å²) < 4.78 is 0. The highest BCUT2D eigenvalue weighted by atomic mass is 16.3. The summed E-state index contributed by atoms with van der Waals surface area (Å²) in [5, 5.41) is 11.9. The average molecular weight is 278 g/mol. The maximum absolute atomic E-state index is 12.3. The van der Waals surface area contributed by atoms with E-state index in [1.165, 1.54) is 0 Å². The monoisotopic (exact) mass is 278 g/mol. The molecule has 0 aliphatic rings. The Bertz CT molecular complexity index is 421. The van der Waals surface area contributed by atoms with E-state index in [1.807, 2.05) is 31.2 Å². The predicted molar refractivity (Wildman–Crippen MR) is 82.9 cm³/mol. The van der Waals surface area contributed by atoms with E-state index in [-0.39, 0.29) is 18.1 Å². The molecule has 0 spiro atoms. The van der Waals surface area contributed by atoms with Crippen LogP contribution >= 0.6 is 0 Å². The van der Waals surface area contributed by atoms with Gasteiger partial charge in [-0.3, -0.25) is 0 Å². The molecule has 1 aromatic rings. The number of hydrogen-bond acceptors (Lipinski definition) is 2. The van der Waals surface area contributed by atoms with E-state index >= 15 is 0 Å². The van der Waals surface area contributed by atoms with Gasteiger partial charge in [-0.25, -0.2) is 4.79 Å². The topological polar surface area (TPSA) is 52.6 Å². The van der Waals surface area contributed by atoms with Crippen LogP contribution in [0.4, 0.5) is 10.5 Å². The van der Waals surface area contributed by atoms with Crippen LogP contribution in [-0.2, 0) is 0 Å². The first-order valence-corrected chi connectivity index (χ1v) is 7.05. The van der Waals surface area contributed by atoms with E-state index in [0.717, 1.165) is 11.3 Å². The van der Waals surface area contributed by atoms with Crippen molar-refractivity contribution in [1.29, 1.82) is 0 Å². The highest BCUT2D eigenvalue weighted by Crippen LogP contribution is 2.17. The van der Waals surface area contributed by atoms with Gasteiger partial charge in [-0.15, -0.1) is 0 Å². The van der Waals surface area contributed by atoms with Crippen molar-refractivity contribution < 1.29 is 9.90 Å². The van der Waals surface area contributed by atoms with Crippen LogP contribution in [0.5, 0.6) is 0 Å². The molecule has 0 bridgehead atoms. The number of nitrogens with zero attached hydrogens (tertiary/aromatic N) is 1. The Balaban J connectivity index is 2.69. The van der Waals surface area contributed by atoms with E-state index in [9.17, 15) is 4.79 Å². The lowest BCUT2D eigenvalue weighted by atomic mass is 9.96. The Labute approximate surface area is 121 Å². The summed E-state index contributed by atoms with van der Waals surface area (Å²) >= 11 is 0. The number of aliphatic hydroxyl groups is 1. The summed E-state index contributed by atoms with van der Waals surface area (Å²) in [5.74, 6) is 0. The maximum Gasteiger partial charge on any atom is 0.321 e. The van der Waals surface area contributed by atoms with Gasteiger partial charge in [-0.05, 0) is 30.9 Å². The third-order valence-corrected chi connectivity index (χ3v) is 2.84. The fourth-order valence-electron chi connectivity index (χ4n) is 1.93. The molecule has 0 fully saturated rings. The molecule has 4 heteroatoms. The van der Waals surface area contributed by atoms with Gasteiger partial charge in [0.25, 0.3) is 0 Å². The Kier molecular flexibility index (Phi) is 6.02. The number of amides is 2. The summed E-state index contributed by atoms with van der Waals surface area (Å²) in [6, 6.07) is 7.62. The molecule has 2 N–H and O–H groups in total. The Morgan fingerprint density at radius 2 is 1.85 bits per heavy atom. The molecule has 0 saturated heterocycles. The third-order valence-electron chi connectivity index (χ3n) is 2.84. The van der Waals surface area contributed by atoms with Gasteiger partial charge in [0.2, 0.25) is 0 Å². The van der Waals surface area contributed by atoms with Crippen molar-refractivity contribution >= 4 is 11.7 Å². The molecule has 0 saturated carbocycles. The molecule has 0 aliphatic carbocycles. The molecule has 2 amide bonds. The molecule has 0 heterocycles. The van der Waals surface area contributed by atoms with Crippen molar-refractivity contribution in [2.75, 3.05) is 25.0 Å². The number of rotatable bonds is 5. The molecule has 20 heavy (non-hydrogen) atoms. The van der Waals surface area contributed by atoms with Crippen LogP contribution in [0.15, 0.2) is 24.3 Å². The number of aryl methyl sites for hydroxylation is 1. The third kappa shape index (κ3) is 6.06. The van der Waals surface area contributed by atoms with Crippen LogP contribution in [0.3, 0.4) is 0 Å². The fourth-order valence-corrected chi connectivity index (χ4v) is 1.93. The van der Waals surface area contributed by atoms with Crippen LogP contribution < -0.4 is 5.32 Å². The molecule has 112 valence electrons. The van der Waals surface area contributed by atoms with Gasteiger partial charge in [0.15, 0.2) is 0 Å². The lowest BCUT2D eigenvalue weighted by molar-refractivity contribution is 0.176. The zero-order valence-electron chi connectivity index (χ0n) is 12.9. The first-order chi connectivity index (χ1) is 9.31. The quantitative estimate of drug-likeness (QED) is 0.868. The van der Waals surface area contributed by atoms with E-state index < -0.39 is 0 Å². The van der Waals surface area contributed by atoms with E-state index in [1.54, 1.807) is 4.90 Å². The molecular weight excluding hydrogens is 252 g/mol. The second kappa shape index (κ2) is 7.29. The van der Waals surface area contributed by atoms with Crippen LogP contribution in [0, 0.1) is 12.3 Å². The molecule has 0 atom stereocenters. The minimum absolute atomic E-state index is 0.0278. The van der Waals surface area contributed by atoms with Crippen molar-refractivity contribution in [2.45, 2.75) is 34.1 Å². The smallest absolute Gasteiger partial charge is 0.321 e. The van der Waals surface area contributed by atoms with Crippen LogP contribution in [0.2, 0.25) is 0 Å². The van der Waals surface area contributed by atoms with E-state index in [2.05, 4.69) is 26.1 Å². The normalized spacial score (nSPS) is 11.2. The van der Waals surface area contributed by atoms with Gasteiger partial charge < -0.3 is 15.3 Å². The molecule has 4 nitrogen and oxygen atoms in total. The minimum atomic E-state index is -0.114. The van der Waals surface area contributed by atoms with Gasteiger partial charge in [-0.2, -0.15) is 0 Å². The predicted octanol–water partition coefficient (Wildman–Crippen LogP) is 3.26.